The van der Waals surface area contributed by atoms with Crippen LogP contribution in [0.4, 0.5) is 0 Å². The Morgan fingerprint density at radius 3 is 2.36 bits per heavy atom. The highest BCUT2D eigenvalue weighted by atomic mass is 35.5. The minimum atomic E-state index is 0. The van der Waals surface area contributed by atoms with Crippen molar-refractivity contribution in [2.24, 2.45) is 0 Å². The van der Waals surface area contributed by atoms with Crippen LogP contribution in [0.25, 0.3) is 0 Å². The van der Waals surface area contributed by atoms with Crippen molar-refractivity contribution in [2.75, 3.05) is 24.6 Å². The van der Waals surface area contributed by atoms with Gasteiger partial charge >= 0.3 is 0 Å². The van der Waals surface area contributed by atoms with E-state index in [-0.39, 0.29) is 18.3 Å². The first kappa shape index (κ1) is 19.5. The van der Waals surface area contributed by atoms with Crippen molar-refractivity contribution in [3.05, 3.63) is 59.9 Å². The first-order valence-electron chi connectivity index (χ1n) is 8.85. The molecule has 0 atom stereocenters. The number of nitrogens with zero attached hydrogens (tertiary/aromatic N) is 3. The molecule has 1 aromatic heterocycles. The van der Waals surface area contributed by atoms with Gasteiger partial charge in [-0.25, -0.2) is 5.01 Å². The maximum absolute atomic E-state index is 12.2. The highest BCUT2D eigenvalue weighted by molar-refractivity contribution is 5.85. The second-order valence-electron chi connectivity index (χ2n) is 6.67. The Morgan fingerprint density at radius 1 is 1.12 bits per heavy atom. The molecular weight excluding hydrogens is 334 g/mol. The summed E-state index contributed by atoms with van der Waals surface area (Å²) in [6, 6.07) is 15.0. The number of amides is 1. The molecule has 0 saturated carbocycles. The van der Waals surface area contributed by atoms with Crippen LogP contribution in [0.15, 0.2) is 48.7 Å². The molecule has 25 heavy (non-hydrogen) atoms. The molecule has 2 heterocycles. The zero-order valence-corrected chi connectivity index (χ0v) is 15.9. The van der Waals surface area contributed by atoms with E-state index >= 15 is 0 Å². The molecule has 0 aliphatic carbocycles. The number of carbonyl (C=O) groups is 1. The van der Waals surface area contributed by atoms with Gasteiger partial charge in [-0.2, -0.15) is 0 Å². The topological polar surface area (TPSA) is 28.5 Å². The van der Waals surface area contributed by atoms with Gasteiger partial charge in [-0.05, 0) is 43.9 Å². The molecule has 1 aliphatic heterocycles. The lowest BCUT2D eigenvalue weighted by molar-refractivity contribution is -0.119. The Hall–Kier alpha value is -1.78. The quantitative estimate of drug-likeness (QED) is 0.816. The van der Waals surface area contributed by atoms with Crippen molar-refractivity contribution >= 4 is 18.3 Å². The standard InChI is InChI=1S/C20H27N3O.ClH/c1-17-7-6-13-22(17)23(18(2)24)20-11-15-21(16-12-20)14-10-19-8-4-3-5-9-19;/h3-9,13,20H,10-12,14-16H2,1-2H3;1H. The third-order valence-electron chi connectivity index (χ3n) is 4.94. The third-order valence-corrected chi connectivity index (χ3v) is 4.94. The number of aromatic nitrogens is 1. The van der Waals surface area contributed by atoms with Crippen LogP contribution in [0.2, 0.25) is 0 Å². The number of aryl methyl sites for hydroxylation is 1. The summed E-state index contributed by atoms with van der Waals surface area (Å²) in [4.78, 5) is 14.7. The minimum Gasteiger partial charge on any atom is -0.303 e. The second-order valence-corrected chi connectivity index (χ2v) is 6.67. The van der Waals surface area contributed by atoms with Gasteiger partial charge in [-0.1, -0.05) is 30.3 Å². The van der Waals surface area contributed by atoms with E-state index in [2.05, 4.69) is 35.2 Å². The van der Waals surface area contributed by atoms with Gasteiger partial charge in [-0.3, -0.25) is 9.47 Å². The van der Waals surface area contributed by atoms with Gasteiger partial charge in [0.25, 0.3) is 0 Å². The summed E-state index contributed by atoms with van der Waals surface area (Å²) in [5, 5.41) is 1.93. The van der Waals surface area contributed by atoms with E-state index in [4.69, 9.17) is 0 Å². The van der Waals surface area contributed by atoms with Crippen molar-refractivity contribution in [3.8, 4) is 0 Å². The number of halogens is 1. The van der Waals surface area contributed by atoms with Crippen LogP contribution in [0.1, 0.15) is 31.0 Å². The summed E-state index contributed by atoms with van der Waals surface area (Å²) in [5.74, 6) is 0.122. The average molecular weight is 362 g/mol. The van der Waals surface area contributed by atoms with E-state index in [1.807, 2.05) is 34.9 Å². The fourth-order valence-corrected chi connectivity index (χ4v) is 3.60. The van der Waals surface area contributed by atoms with Crippen LogP contribution in [-0.2, 0) is 11.2 Å². The molecule has 2 aromatic rings. The Morgan fingerprint density at radius 2 is 1.80 bits per heavy atom. The number of likely N-dealkylation sites (tertiary alicyclic amines) is 1. The van der Waals surface area contributed by atoms with Crippen molar-refractivity contribution in [2.45, 2.75) is 39.2 Å². The second kappa shape index (κ2) is 9.07. The third kappa shape index (κ3) is 4.86. The Bertz CT molecular complexity index is 663. The first-order chi connectivity index (χ1) is 11.6. The highest BCUT2D eigenvalue weighted by Gasteiger charge is 2.27. The lowest BCUT2D eigenvalue weighted by Gasteiger charge is -2.39. The van der Waals surface area contributed by atoms with Gasteiger partial charge in [0, 0.05) is 38.4 Å². The van der Waals surface area contributed by atoms with Crippen LogP contribution in [0.3, 0.4) is 0 Å². The van der Waals surface area contributed by atoms with Crippen LogP contribution in [-0.4, -0.2) is 41.2 Å². The van der Waals surface area contributed by atoms with Crippen LogP contribution in [0, 0.1) is 6.92 Å². The maximum atomic E-state index is 12.2. The zero-order chi connectivity index (χ0) is 16.9. The molecule has 1 amide bonds. The molecule has 1 fully saturated rings. The Balaban J connectivity index is 0.00000225. The van der Waals surface area contributed by atoms with E-state index < -0.39 is 0 Å². The lowest BCUT2D eigenvalue weighted by Crippen LogP contribution is -2.52. The van der Waals surface area contributed by atoms with E-state index in [0.717, 1.165) is 44.6 Å². The molecule has 1 aliphatic rings. The zero-order valence-electron chi connectivity index (χ0n) is 15.1. The molecule has 0 spiro atoms. The fraction of sp³-hybridized carbons (Fsp3) is 0.450. The number of rotatable bonds is 5. The van der Waals surface area contributed by atoms with E-state index in [9.17, 15) is 4.79 Å². The lowest BCUT2D eigenvalue weighted by atomic mass is 10.0. The summed E-state index contributed by atoms with van der Waals surface area (Å²) in [6.45, 7) is 6.93. The van der Waals surface area contributed by atoms with Crippen LogP contribution >= 0.6 is 12.4 Å². The number of piperidine rings is 1. The summed E-state index contributed by atoms with van der Waals surface area (Å²) < 4.78 is 2.01. The largest absolute Gasteiger partial charge is 0.303 e. The predicted octanol–water partition coefficient (Wildman–Crippen LogP) is 3.41. The maximum Gasteiger partial charge on any atom is 0.238 e. The molecule has 0 radical (unpaired) electrons. The summed E-state index contributed by atoms with van der Waals surface area (Å²) >= 11 is 0. The van der Waals surface area contributed by atoms with Crippen molar-refractivity contribution in [1.82, 2.24) is 9.58 Å². The van der Waals surface area contributed by atoms with Crippen molar-refractivity contribution in [3.63, 3.8) is 0 Å². The fourth-order valence-electron chi connectivity index (χ4n) is 3.60. The van der Waals surface area contributed by atoms with E-state index in [1.165, 1.54) is 5.56 Å². The number of benzene rings is 1. The van der Waals surface area contributed by atoms with Crippen LogP contribution < -0.4 is 5.01 Å². The molecule has 0 unspecified atom stereocenters. The van der Waals surface area contributed by atoms with Gasteiger partial charge in [0.15, 0.2) is 0 Å². The molecular formula is C20H28ClN3O. The summed E-state index contributed by atoms with van der Waals surface area (Å²) in [7, 11) is 0. The molecule has 0 N–H and O–H groups in total. The normalized spacial score (nSPS) is 15.6. The van der Waals surface area contributed by atoms with Gasteiger partial charge in [0.2, 0.25) is 5.91 Å². The van der Waals surface area contributed by atoms with Crippen molar-refractivity contribution in [1.29, 1.82) is 0 Å². The SMILES string of the molecule is CC(=O)N(C1CCN(CCc2ccccc2)CC1)n1cccc1C.Cl. The van der Waals surface area contributed by atoms with E-state index in [1.54, 1.807) is 6.92 Å². The number of hydrogen-bond acceptors (Lipinski definition) is 2. The monoisotopic (exact) mass is 361 g/mol. The first-order valence-corrected chi connectivity index (χ1v) is 8.85. The predicted molar refractivity (Wildman–Crippen MR) is 105 cm³/mol. The van der Waals surface area contributed by atoms with Gasteiger partial charge in [0.05, 0.1) is 6.04 Å². The summed E-state index contributed by atoms with van der Waals surface area (Å²) in [5.41, 5.74) is 2.50. The Labute approximate surface area is 156 Å². The summed E-state index contributed by atoms with van der Waals surface area (Å²) in [6.07, 6.45) is 5.15. The molecule has 4 nitrogen and oxygen atoms in total. The number of hydrogen-bond donors (Lipinski definition) is 0. The number of carbonyl (C=O) groups excluding carboxylic acids is 1. The van der Waals surface area contributed by atoms with Gasteiger partial charge in [0.1, 0.15) is 0 Å². The molecule has 3 rings (SSSR count). The Kier molecular flexibility index (Phi) is 7.09. The average Bonchev–Trinajstić information content (AvgIpc) is 3.01. The van der Waals surface area contributed by atoms with Gasteiger partial charge < -0.3 is 4.90 Å². The van der Waals surface area contributed by atoms with Crippen molar-refractivity contribution < 1.29 is 4.79 Å². The highest BCUT2D eigenvalue weighted by Crippen LogP contribution is 2.18. The van der Waals surface area contributed by atoms with E-state index in [0.29, 0.717) is 6.04 Å². The minimum absolute atomic E-state index is 0. The molecule has 1 aromatic carbocycles. The van der Waals surface area contributed by atoms with Crippen LogP contribution in [0.5, 0.6) is 0 Å². The molecule has 0 bridgehead atoms. The molecule has 1 saturated heterocycles. The van der Waals surface area contributed by atoms with Gasteiger partial charge in [-0.15, -0.1) is 12.4 Å². The smallest absolute Gasteiger partial charge is 0.238 e. The molecule has 136 valence electrons. The molecule has 5 heteroatoms.